The van der Waals surface area contributed by atoms with Gasteiger partial charge in [0.2, 0.25) is 10.0 Å². The number of carbonyl (C=O) groups is 1. The van der Waals surface area contributed by atoms with Crippen LogP contribution in [0.25, 0.3) is 0 Å². The third-order valence-corrected chi connectivity index (χ3v) is 7.04. The molecule has 8 nitrogen and oxygen atoms in total. The average molecular weight is 507 g/mol. The van der Waals surface area contributed by atoms with Gasteiger partial charge in [0.15, 0.2) is 6.10 Å². The zero-order chi connectivity index (χ0) is 25.1. The number of carbonyl (C=O) groups excluding carboxylic acids is 1. The lowest BCUT2D eigenvalue weighted by Gasteiger charge is -2.38. The van der Waals surface area contributed by atoms with E-state index in [1.165, 1.54) is 11.2 Å². The van der Waals surface area contributed by atoms with E-state index in [-0.39, 0.29) is 6.04 Å². The van der Waals surface area contributed by atoms with E-state index in [2.05, 4.69) is 38.3 Å². The maximum Gasteiger partial charge on any atom is 0.425 e. The first-order chi connectivity index (χ1) is 15.8. The number of benzene rings is 1. The van der Waals surface area contributed by atoms with Crippen molar-refractivity contribution in [2.45, 2.75) is 51.6 Å². The van der Waals surface area contributed by atoms with Crippen LogP contribution in [0, 0.1) is 6.92 Å². The molecular formula is C22H33F3N4O4S. The molecule has 12 heteroatoms. The molecule has 0 radical (unpaired) electrons. The SMILES string of the molecule is Cc1cccc(CN2CCN(C(=O)OC(C)C(F)(F)F)CC2)c1N1CCC(NS(C)(=O)=O)CC1. The number of ether oxygens (including phenoxy) is 1. The van der Waals surface area contributed by atoms with Crippen LogP contribution in [0.2, 0.25) is 0 Å². The van der Waals surface area contributed by atoms with Gasteiger partial charge in [-0.05, 0) is 37.8 Å². The molecule has 0 aromatic heterocycles. The molecule has 2 aliphatic rings. The first kappa shape index (κ1) is 26.6. The molecule has 2 saturated heterocycles. The van der Waals surface area contributed by atoms with Crippen molar-refractivity contribution in [1.82, 2.24) is 14.5 Å². The summed E-state index contributed by atoms with van der Waals surface area (Å²) in [6, 6.07) is 6.05. The summed E-state index contributed by atoms with van der Waals surface area (Å²) in [7, 11) is -3.23. The molecule has 1 amide bonds. The fraction of sp³-hybridized carbons (Fsp3) is 0.682. The fourth-order valence-electron chi connectivity index (χ4n) is 4.45. The van der Waals surface area contributed by atoms with E-state index in [1.54, 1.807) is 0 Å². The number of piperidine rings is 1. The lowest BCUT2D eigenvalue weighted by atomic mass is 10.0. The molecule has 34 heavy (non-hydrogen) atoms. The fourth-order valence-corrected chi connectivity index (χ4v) is 5.29. The van der Waals surface area contributed by atoms with E-state index >= 15 is 0 Å². The normalized spacial score (nSPS) is 19.8. The third-order valence-electron chi connectivity index (χ3n) is 6.28. The highest BCUT2D eigenvalue weighted by atomic mass is 32.2. The van der Waals surface area contributed by atoms with Crippen LogP contribution >= 0.6 is 0 Å². The molecule has 0 aliphatic carbocycles. The smallest absolute Gasteiger partial charge is 0.425 e. The largest absolute Gasteiger partial charge is 0.437 e. The summed E-state index contributed by atoms with van der Waals surface area (Å²) >= 11 is 0. The van der Waals surface area contributed by atoms with Gasteiger partial charge in [-0.25, -0.2) is 17.9 Å². The molecule has 1 aromatic rings. The topological polar surface area (TPSA) is 82.2 Å². The summed E-state index contributed by atoms with van der Waals surface area (Å²) in [5.41, 5.74) is 3.41. The Kier molecular flexibility index (Phi) is 8.35. The van der Waals surface area contributed by atoms with E-state index < -0.39 is 28.4 Å². The number of para-hydroxylation sites is 1. The quantitative estimate of drug-likeness (QED) is 0.639. The van der Waals surface area contributed by atoms with Crippen LogP contribution in [0.4, 0.5) is 23.7 Å². The van der Waals surface area contributed by atoms with E-state index in [9.17, 15) is 26.4 Å². The van der Waals surface area contributed by atoms with Crippen molar-refractivity contribution in [3.8, 4) is 0 Å². The van der Waals surface area contributed by atoms with Crippen molar-refractivity contribution in [3.63, 3.8) is 0 Å². The number of anilines is 1. The molecule has 0 saturated carbocycles. The van der Waals surface area contributed by atoms with Crippen molar-refractivity contribution in [1.29, 1.82) is 0 Å². The van der Waals surface area contributed by atoms with Crippen LogP contribution in [0.1, 0.15) is 30.9 Å². The number of aryl methyl sites for hydroxylation is 1. The van der Waals surface area contributed by atoms with Gasteiger partial charge < -0.3 is 14.5 Å². The van der Waals surface area contributed by atoms with E-state index in [1.807, 2.05) is 6.07 Å². The zero-order valence-electron chi connectivity index (χ0n) is 19.8. The standard InChI is InChI=1S/C22H33F3N4O4S/c1-16-5-4-6-18(20(16)28-9-7-19(8-10-28)26-34(3,31)32)15-27-11-13-29(14-12-27)21(30)33-17(2)22(23,24)25/h4-6,17,19,26H,7-15H2,1-3H3. The molecule has 1 atom stereocenters. The Labute approximate surface area is 199 Å². The van der Waals surface area contributed by atoms with Crippen LogP contribution in [0.15, 0.2) is 18.2 Å². The number of alkyl halides is 3. The van der Waals surface area contributed by atoms with Gasteiger partial charge in [-0.3, -0.25) is 4.90 Å². The van der Waals surface area contributed by atoms with Crippen molar-refractivity contribution in [3.05, 3.63) is 29.3 Å². The molecule has 1 aromatic carbocycles. The third kappa shape index (κ3) is 7.22. The van der Waals surface area contributed by atoms with E-state index in [0.717, 1.165) is 49.7 Å². The number of halogens is 3. The highest BCUT2D eigenvalue weighted by Gasteiger charge is 2.40. The van der Waals surface area contributed by atoms with Crippen molar-refractivity contribution in [2.24, 2.45) is 0 Å². The molecule has 2 aliphatic heterocycles. The van der Waals surface area contributed by atoms with Gasteiger partial charge in [0, 0.05) is 57.5 Å². The maximum atomic E-state index is 12.7. The molecule has 0 spiro atoms. The summed E-state index contributed by atoms with van der Waals surface area (Å²) < 4.78 is 68.3. The second-order valence-corrected chi connectivity index (χ2v) is 10.8. The number of piperazine rings is 1. The van der Waals surface area contributed by atoms with Crippen LogP contribution in [0.5, 0.6) is 0 Å². The minimum Gasteiger partial charge on any atom is -0.437 e. The highest BCUT2D eigenvalue weighted by Crippen LogP contribution is 2.30. The average Bonchev–Trinajstić information content (AvgIpc) is 2.73. The molecule has 0 bridgehead atoms. The van der Waals surface area contributed by atoms with Crippen LogP contribution in [-0.2, 0) is 21.3 Å². The Hall–Kier alpha value is -2.05. The number of rotatable bonds is 6. The summed E-state index contributed by atoms with van der Waals surface area (Å²) in [5, 5.41) is 0. The van der Waals surface area contributed by atoms with Gasteiger partial charge in [-0.1, -0.05) is 18.2 Å². The monoisotopic (exact) mass is 506 g/mol. The van der Waals surface area contributed by atoms with Crippen LogP contribution in [-0.4, -0.2) is 88.2 Å². The number of sulfonamides is 1. The summed E-state index contributed by atoms with van der Waals surface area (Å²) in [4.78, 5) is 17.9. The minimum atomic E-state index is -4.58. The second-order valence-electron chi connectivity index (χ2n) is 9.06. The molecule has 1 N–H and O–H groups in total. The zero-order valence-corrected chi connectivity index (χ0v) is 20.6. The maximum absolute atomic E-state index is 12.7. The number of amides is 1. The van der Waals surface area contributed by atoms with E-state index in [4.69, 9.17) is 0 Å². The van der Waals surface area contributed by atoms with Gasteiger partial charge in [-0.2, -0.15) is 13.2 Å². The summed E-state index contributed by atoms with van der Waals surface area (Å²) in [6.07, 6.45) is -5.03. The molecule has 1 unspecified atom stereocenters. The van der Waals surface area contributed by atoms with Crippen molar-refractivity contribution < 1.29 is 31.1 Å². The predicted octanol–water partition coefficient (Wildman–Crippen LogP) is 2.72. The van der Waals surface area contributed by atoms with E-state index in [0.29, 0.717) is 32.7 Å². The molecule has 2 heterocycles. The molecule has 2 fully saturated rings. The Morgan fingerprint density at radius 1 is 1.15 bits per heavy atom. The Bertz CT molecular complexity index is 957. The second kappa shape index (κ2) is 10.7. The number of nitrogens with zero attached hydrogens (tertiary/aromatic N) is 3. The minimum absolute atomic E-state index is 0.0633. The summed E-state index contributed by atoms with van der Waals surface area (Å²) in [6.45, 7) is 6.67. The van der Waals surface area contributed by atoms with Crippen LogP contribution < -0.4 is 9.62 Å². The summed E-state index contributed by atoms with van der Waals surface area (Å²) in [5.74, 6) is 0. The number of nitrogens with one attached hydrogen (secondary N) is 1. The lowest BCUT2D eigenvalue weighted by Crippen LogP contribution is -2.50. The van der Waals surface area contributed by atoms with Gasteiger partial charge in [0.05, 0.1) is 6.26 Å². The van der Waals surface area contributed by atoms with Crippen LogP contribution in [0.3, 0.4) is 0 Å². The highest BCUT2D eigenvalue weighted by molar-refractivity contribution is 7.88. The van der Waals surface area contributed by atoms with Gasteiger partial charge in [0.25, 0.3) is 0 Å². The Morgan fingerprint density at radius 2 is 1.76 bits per heavy atom. The Morgan fingerprint density at radius 3 is 2.32 bits per heavy atom. The molecule has 192 valence electrons. The predicted molar refractivity (Wildman–Crippen MR) is 123 cm³/mol. The number of hydrogen-bond acceptors (Lipinski definition) is 6. The van der Waals surface area contributed by atoms with Crippen molar-refractivity contribution >= 4 is 21.8 Å². The van der Waals surface area contributed by atoms with Gasteiger partial charge >= 0.3 is 12.3 Å². The first-order valence-electron chi connectivity index (χ1n) is 11.4. The lowest BCUT2D eigenvalue weighted by molar-refractivity contribution is -0.200. The first-order valence-corrected chi connectivity index (χ1v) is 13.3. The molecule has 3 rings (SSSR count). The Balaban J connectivity index is 1.57. The van der Waals surface area contributed by atoms with Crippen molar-refractivity contribution in [2.75, 3.05) is 50.4 Å². The van der Waals surface area contributed by atoms with Gasteiger partial charge in [-0.15, -0.1) is 0 Å². The van der Waals surface area contributed by atoms with Gasteiger partial charge in [0.1, 0.15) is 0 Å². The molecular weight excluding hydrogens is 473 g/mol. The number of hydrogen-bond donors (Lipinski definition) is 1.